The number of carbonyl (C=O) groups is 3. The number of hydrogen-bond acceptors (Lipinski definition) is 5. The van der Waals surface area contributed by atoms with E-state index >= 15 is 0 Å². The molecule has 0 saturated carbocycles. The fourth-order valence-electron chi connectivity index (χ4n) is 3.68. The molecule has 1 heterocycles. The second-order valence-corrected chi connectivity index (χ2v) is 10.7. The van der Waals surface area contributed by atoms with Crippen molar-refractivity contribution in [1.82, 2.24) is 0 Å². The molecule has 0 radical (unpaired) electrons. The summed E-state index contributed by atoms with van der Waals surface area (Å²) in [6, 6.07) is 12.8. The molecule has 0 saturated heterocycles. The molecule has 0 spiro atoms. The van der Waals surface area contributed by atoms with Crippen LogP contribution in [0.2, 0.25) is 5.02 Å². The number of hydrogen-bond donors (Lipinski definition) is 2. The van der Waals surface area contributed by atoms with Crippen LogP contribution in [0.25, 0.3) is 0 Å². The summed E-state index contributed by atoms with van der Waals surface area (Å²) < 4.78 is 28.4. The van der Waals surface area contributed by atoms with E-state index in [1.807, 2.05) is 0 Å². The summed E-state index contributed by atoms with van der Waals surface area (Å²) in [5.74, 6) is -2.04. The second-order valence-electron chi connectivity index (χ2n) is 7.46. The van der Waals surface area contributed by atoms with Gasteiger partial charge in [0.1, 0.15) is 6.29 Å². The van der Waals surface area contributed by atoms with E-state index in [4.69, 9.17) is 11.6 Å². The first-order chi connectivity index (χ1) is 16.1. The number of carboxylic acid groups (broad SMARTS) is 1. The van der Waals surface area contributed by atoms with Gasteiger partial charge in [0.15, 0.2) is 0 Å². The number of nitrogens with one attached hydrogen (secondary N) is 1. The molecule has 8 nitrogen and oxygen atoms in total. The van der Waals surface area contributed by atoms with Crippen LogP contribution >= 0.6 is 27.5 Å². The van der Waals surface area contributed by atoms with Crippen molar-refractivity contribution in [3.63, 3.8) is 0 Å². The van der Waals surface area contributed by atoms with Crippen molar-refractivity contribution >= 4 is 67.1 Å². The number of sulfonamides is 1. The highest BCUT2D eigenvalue weighted by Crippen LogP contribution is 2.35. The number of aromatic carboxylic acids is 1. The zero-order valence-corrected chi connectivity index (χ0v) is 20.4. The van der Waals surface area contributed by atoms with Gasteiger partial charge in [0.2, 0.25) is 0 Å². The Labute approximate surface area is 208 Å². The predicted octanol–water partition coefficient (Wildman–Crippen LogP) is 4.62. The summed E-state index contributed by atoms with van der Waals surface area (Å²) >= 11 is 9.27. The van der Waals surface area contributed by atoms with Crippen LogP contribution in [-0.2, 0) is 16.4 Å². The van der Waals surface area contributed by atoms with Gasteiger partial charge in [0.25, 0.3) is 15.9 Å². The molecule has 0 aliphatic carbocycles. The maximum absolute atomic E-state index is 13.4. The molecule has 1 aliphatic heterocycles. The molecule has 0 atom stereocenters. The molecule has 1 amide bonds. The lowest BCUT2D eigenvalue weighted by molar-refractivity contribution is 0.0698. The molecule has 3 aromatic carbocycles. The quantitative estimate of drug-likeness (QED) is 0.422. The van der Waals surface area contributed by atoms with Crippen molar-refractivity contribution in [2.45, 2.75) is 11.3 Å². The van der Waals surface area contributed by atoms with E-state index < -0.39 is 21.9 Å². The van der Waals surface area contributed by atoms with Gasteiger partial charge in [-0.15, -0.1) is 0 Å². The van der Waals surface area contributed by atoms with E-state index in [0.717, 1.165) is 11.6 Å². The molecule has 11 heteroatoms. The Morgan fingerprint density at radius 2 is 1.85 bits per heavy atom. The lowest BCUT2D eigenvalue weighted by atomic mass is 10.1. The van der Waals surface area contributed by atoms with Gasteiger partial charge in [-0.2, -0.15) is 0 Å². The van der Waals surface area contributed by atoms with Gasteiger partial charge < -0.3 is 10.4 Å². The van der Waals surface area contributed by atoms with E-state index in [1.54, 1.807) is 18.2 Å². The first-order valence-electron chi connectivity index (χ1n) is 9.86. The van der Waals surface area contributed by atoms with Crippen LogP contribution < -0.4 is 9.62 Å². The third-order valence-electron chi connectivity index (χ3n) is 5.27. The second kappa shape index (κ2) is 9.21. The summed E-state index contributed by atoms with van der Waals surface area (Å²) in [6.45, 7) is 0.233. The van der Waals surface area contributed by atoms with Crippen LogP contribution in [0, 0.1) is 0 Å². The number of carboxylic acids is 1. The SMILES string of the molecule is O=Cc1ccc(NC(=O)c2cc(Br)cc(S(=O)(=O)N3CCc4cc(Cl)ccc43)c2)c(C(=O)O)c1. The maximum atomic E-state index is 13.4. The van der Waals surface area contributed by atoms with Gasteiger partial charge in [-0.25, -0.2) is 13.2 Å². The number of fused-ring (bicyclic) bond motifs is 1. The molecule has 4 rings (SSSR count). The van der Waals surface area contributed by atoms with Crippen LogP contribution in [0.3, 0.4) is 0 Å². The summed E-state index contributed by atoms with van der Waals surface area (Å²) in [5, 5.41) is 12.4. The maximum Gasteiger partial charge on any atom is 0.337 e. The topological polar surface area (TPSA) is 121 Å². The summed E-state index contributed by atoms with van der Waals surface area (Å²) in [4.78, 5) is 35.3. The average Bonchev–Trinajstić information content (AvgIpc) is 3.22. The van der Waals surface area contributed by atoms with Gasteiger partial charge in [0.05, 0.1) is 21.8 Å². The Morgan fingerprint density at radius 3 is 2.56 bits per heavy atom. The number of carbonyl (C=O) groups excluding carboxylic acids is 2. The molecule has 1 aliphatic rings. The van der Waals surface area contributed by atoms with Gasteiger partial charge in [-0.3, -0.25) is 13.9 Å². The Bertz CT molecular complexity index is 1460. The zero-order chi connectivity index (χ0) is 24.6. The minimum atomic E-state index is -4.00. The number of amides is 1. The molecule has 0 bridgehead atoms. The van der Waals surface area contributed by atoms with Crippen LogP contribution in [0.5, 0.6) is 0 Å². The van der Waals surface area contributed by atoms with Crippen molar-refractivity contribution in [3.8, 4) is 0 Å². The fourth-order valence-corrected chi connectivity index (χ4v) is 6.09. The van der Waals surface area contributed by atoms with E-state index in [2.05, 4.69) is 21.2 Å². The monoisotopic (exact) mass is 562 g/mol. The van der Waals surface area contributed by atoms with Crippen LogP contribution in [0.15, 0.2) is 64.0 Å². The Hall–Kier alpha value is -3.21. The predicted molar refractivity (Wildman–Crippen MR) is 131 cm³/mol. The van der Waals surface area contributed by atoms with Gasteiger partial charge >= 0.3 is 5.97 Å². The zero-order valence-electron chi connectivity index (χ0n) is 17.3. The van der Waals surface area contributed by atoms with Crippen LogP contribution in [0.4, 0.5) is 11.4 Å². The average molecular weight is 564 g/mol. The number of aldehydes is 1. The largest absolute Gasteiger partial charge is 0.478 e. The summed E-state index contributed by atoms with van der Waals surface area (Å²) in [6.07, 6.45) is 0.999. The summed E-state index contributed by atoms with van der Waals surface area (Å²) in [5.41, 5.74) is 1.17. The normalized spacial score (nSPS) is 12.8. The molecular weight excluding hydrogens is 548 g/mol. The minimum absolute atomic E-state index is 0.000667. The van der Waals surface area contributed by atoms with Crippen LogP contribution in [-0.4, -0.2) is 38.2 Å². The Kier molecular flexibility index (Phi) is 6.48. The standard InChI is InChI=1S/C23H16BrClN2O6S/c24-16-8-15(22(29)26-20-3-1-13(12-28)7-19(20)23(30)31)10-18(11-16)34(32,33)27-6-5-14-9-17(25)2-4-21(14)27/h1-4,7-12H,5-6H2,(H,26,29)(H,30,31). The van der Waals surface area contributed by atoms with Gasteiger partial charge in [-0.05, 0) is 66.6 Å². The van der Waals surface area contributed by atoms with Crippen LogP contribution in [0.1, 0.15) is 36.6 Å². The number of rotatable bonds is 6. The smallest absolute Gasteiger partial charge is 0.337 e. The first-order valence-corrected chi connectivity index (χ1v) is 12.5. The Balaban J connectivity index is 1.68. The number of anilines is 2. The van der Waals surface area contributed by atoms with Crippen molar-refractivity contribution < 1.29 is 27.9 Å². The lowest BCUT2D eigenvalue weighted by Gasteiger charge is -2.20. The Morgan fingerprint density at radius 1 is 1.09 bits per heavy atom. The number of benzene rings is 3. The van der Waals surface area contributed by atoms with Crippen molar-refractivity contribution in [2.24, 2.45) is 0 Å². The molecule has 174 valence electrons. The molecule has 34 heavy (non-hydrogen) atoms. The van der Waals surface area contributed by atoms with Gasteiger partial charge in [-0.1, -0.05) is 27.5 Å². The molecule has 0 unspecified atom stereocenters. The molecule has 0 fully saturated rings. The van der Waals surface area contributed by atoms with Crippen molar-refractivity contribution in [1.29, 1.82) is 0 Å². The number of nitrogens with zero attached hydrogens (tertiary/aromatic N) is 1. The molecule has 0 aromatic heterocycles. The van der Waals surface area contributed by atoms with E-state index in [0.29, 0.717) is 27.9 Å². The minimum Gasteiger partial charge on any atom is -0.478 e. The summed E-state index contributed by atoms with van der Waals surface area (Å²) in [7, 11) is -4.00. The van der Waals surface area contributed by atoms with Crippen molar-refractivity contribution in [3.05, 3.63) is 86.3 Å². The van der Waals surface area contributed by atoms with Crippen molar-refractivity contribution in [2.75, 3.05) is 16.2 Å². The highest BCUT2D eigenvalue weighted by molar-refractivity contribution is 9.10. The third-order valence-corrected chi connectivity index (χ3v) is 7.76. The highest BCUT2D eigenvalue weighted by atomic mass is 79.9. The lowest BCUT2D eigenvalue weighted by Crippen LogP contribution is -2.29. The molecular formula is C23H16BrClN2O6S. The first kappa shape index (κ1) is 23.9. The van der Waals surface area contributed by atoms with E-state index in [-0.39, 0.29) is 33.8 Å². The highest BCUT2D eigenvalue weighted by Gasteiger charge is 2.32. The van der Waals surface area contributed by atoms with E-state index in [9.17, 15) is 27.9 Å². The third kappa shape index (κ3) is 4.56. The fraction of sp³-hybridized carbons (Fsp3) is 0.0870. The van der Waals surface area contributed by atoms with Gasteiger partial charge in [0, 0.05) is 27.2 Å². The molecule has 3 aromatic rings. The molecule has 2 N–H and O–H groups in total. The van der Waals surface area contributed by atoms with E-state index in [1.165, 1.54) is 34.6 Å². The number of halogens is 2.